The average Bonchev–Trinajstić information content (AvgIpc) is 2.65. The van der Waals surface area contributed by atoms with Gasteiger partial charge in [0.2, 0.25) is 10.0 Å². The van der Waals surface area contributed by atoms with E-state index in [0.717, 1.165) is 10.0 Å². The molecule has 0 atom stereocenters. The van der Waals surface area contributed by atoms with Crippen LogP contribution in [0, 0.1) is 6.92 Å². The number of halogens is 1. The Balaban J connectivity index is 1.82. The fraction of sp³-hybridized carbons (Fsp3) is 0.278. The van der Waals surface area contributed by atoms with Crippen LogP contribution in [-0.2, 0) is 14.8 Å². The van der Waals surface area contributed by atoms with Crippen molar-refractivity contribution in [3.8, 4) is 0 Å². The highest BCUT2D eigenvalue weighted by molar-refractivity contribution is 9.10. The molecule has 8 heteroatoms. The average molecular weight is 439 g/mol. The molecule has 0 spiro atoms. The van der Waals surface area contributed by atoms with E-state index < -0.39 is 10.0 Å². The first-order valence-corrected chi connectivity index (χ1v) is 10.4. The third-order valence-corrected chi connectivity index (χ3v) is 6.90. The van der Waals surface area contributed by atoms with Crippen molar-refractivity contribution in [1.82, 2.24) is 4.31 Å². The van der Waals surface area contributed by atoms with Gasteiger partial charge < -0.3 is 10.1 Å². The maximum atomic E-state index is 12.7. The second-order valence-corrected chi connectivity index (χ2v) is 8.75. The molecule has 0 saturated carbocycles. The molecule has 2 aromatic rings. The molecule has 6 nitrogen and oxygen atoms in total. The quantitative estimate of drug-likeness (QED) is 0.795. The third kappa shape index (κ3) is 4.15. The maximum Gasteiger partial charge on any atom is 0.255 e. The van der Waals surface area contributed by atoms with Crippen molar-refractivity contribution in [1.29, 1.82) is 0 Å². The Labute approximate surface area is 161 Å². The first kappa shape index (κ1) is 19.0. The predicted molar refractivity (Wildman–Crippen MR) is 103 cm³/mol. The molecule has 0 radical (unpaired) electrons. The Morgan fingerprint density at radius 1 is 1.15 bits per heavy atom. The lowest BCUT2D eigenvalue weighted by molar-refractivity contribution is 0.0730. The highest BCUT2D eigenvalue weighted by Gasteiger charge is 2.26. The van der Waals surface area contributed by atoms with Gasteiger partial charge in [0.15, 0.2) is 0 Å². The molecule has 1 aliphatic rings. The Hall–Kier alpha value is -1.74. The number of nitrogens with zero attached hydrogens (tertiary/aromatic N) is 1. The van der Waals surface area contributed by atoms with Gasteiger partial charge in [-0.25, -0.2) is 8.42 Å². The Kier molecular flexibility index (Phi) is 5.76. The first-order valence-electron chi connectivity index (χ1n) is 8.13. The summed E-state index contributed by atoms with van der Waals surface area (Å²) in [5, 5.41) is 2.80. The van der Waals surface area contributed by atoms with Gasteiger partial charge in [0, 0.05) is 28.8 Å². The smallest absolute Gasteiger partial charge is 0.255 e. The van der Waals surface area contributed by atoms with E-state index in [2.05, 4.69) is 21.2 Å². The van der Waals surface area contributed by atoms with Crippen LogP contribution in [0.15, 0.2) is 51.8 Å². The molecule has 0 unspecified atom stereocenters. The zero-order valence-corrected chi connectivity index (χ0v) is 16.6. The van der Waals surface area contributed by atoms with Crippen LogP contribution in [-0.4, -0.2) is 44.9 Å². The van der Waals surface area contributed by atoms with Gasteiger partial charge in [-0.15, -0.1) is 0 Å². The van der Waals surface area contributed by atoms with E-state index in [0.29, 0.717) is 37.6 Å². The number of ether oxygens (including phenoxy) is 1. The standard InChI is InChI=1S/C18H19BrN2O4S/c1-13-11-15(5-6-17(13)19)20-18(22)14-3-2-4-16(12-14)26(23,24)21-7-9-25-10-8-21/h2-6,11-12H,7-10H2,1H3,(H,20,22). The summed E-state index contributed by atoms with van der Waals surface area (Å²) in [6.07, 6.45) is 0. The van der Waals surface area contributed by atoms with Crippen molar-refractivity contribution in [2.24, 2.45) is 0 Å². The summed E-state index contributed by atoms with van der Waals surface area (Å²) in [4.78, 5) is 12.6. The second kappa shape index (κ2) is 7.87. The highest BCUT2D eigenvalue weighted by Crippen LogP contribution is 2.22. The topological polar surface area (TPSA) is 75.7 Å². The number of benzene rings is 2. The van der Waals surface area contributed by atoms with Gasteiger partial charge in [-0.2, -0.15) is 4.31 Å². The number of amides is 1. The highest BCUT2D eigenvalue weighted by atomic mass is 79.9. The lowest BCUT2D eigenvalue weighted by Gasteiger charge is -2.26. The zero-order valence-electron chi connectivity index (χ0n) is 14.2. The molecule has 1 heterocycles. The molecule has 1 amide bonds. The molecular weight excluding hydrogens is 420 g/mol. The van der Waals surface area contributed by atoms with Crippen LogP contribution in [0.1, 0.15) is 15.9 Å². The fourth-order valence-electron chi connectivity index (χ4n) is 2.66. The lowest BCUT2D eigenvalue weighted by Crippen LogP contribution is -2.40. The molecule has 26 heavy (non-hydrogen) atoms. The molecule has 1 N–H and O–H groups in total. The van der Waals surface area contributed by atoms with E-state index in [4.69, 9.17) is 4.74 Å². The number of rotatable bonds is 4. The lowest BCUT2D eigenvalue weighted by atomic mass is 10.2. The molecule has 0 bridgehead atoms. The van der Waals surface area contributed by atoms with Gasteiger partial charge in [-0.1, -0.05) is 22.0 Å². The van der Waals surface area contributed by atoms with Crippen molar-refractivity contribution in [2.45, 2.75) is 11.8 Å². The Morgan fingerprint density at radius 3 is 2.58 bits per heavy atom. The maximum absolute atomic E-state index is 12.7. The SMILES string of the molecule is Cc1cc(NC(=O)c2cccc(S(=O)(=O)N3CCOCC3)c2)ccc1Br. The number of nitrogens with one attached hydrogen (secondary N) is 1. The number of carbonyl (C=O) groups is 1. The summed E-state index contributed by atoms with van der Waals surface area (Å²) in [5.41, 5.74) is 1.93. The van der Waals surface area contributed by atoms with E-state index in [-0.39, 0.29) is 10.8 Å². The summed E-state index contributed by atoms with van der Waals surface area (Å²) in [6.45, 7) is 3.31. The van der Waals surface area contributed by atoms with E-state index in [1.54, 1.807) is 18.2 Å². The van der Waals surface area contributed by atoms with Crippen LogP contribution in [0.2, 0.25) is 0 Å². The summed E-state index contributed by atoms with van der Waals surface area (Å²) >= 11 is 3.42. The largest absolute Gasteiger partial charge is 0.379 e. The van der Waals surface area contributed by atoms with Gasteiger partial charge in [0.25, 0.3) is 5.91 Å². The van der Waals surface area contributed by atoms with Crippen molar-refractivity contribution in [3.63, 3.8) is 0 Å². The number of anilines is 1. The molecule has 1 fully saturated rings. The summed E-state index contributed by atoms with van der Waals surface area (Å²) in [5.74, 6) is -0.356. The van der Waals surface area contributed by atoms with Crippen LogP contribution in [0.4, 0.5) is 5.69 Å². The molecule has 1 saturated heterocycles. The van der Waals surface area contributed by atoms with Crippen LogP contribution in [0.5, 0.6) is 0 Å². The molecule has 1 aliphatic heterocycles. The minimum Gasteiger partial charge on any atom is -0.379 e. The van der Waals surface area contributed by atoms with Crippen molar-refractivity contribution in [3.05, 3.63) is 58.1 Å². The van der Waals surface area contributed by atoms with Gasteiger partial charge in [-0.05, 0) is 48.9 Å². The monoisotopic (exact) mass is 438 g/mol. The predicted octanol–water partition coefficient (Wildman–Crippen LogP) is 3.03. The number of carbonyl (C=O) groups excluding carboxylic acids is 1. The van der Waals surface area contributed by atoms with E-state index in [1.165, 1.54) is 16.4 Å². The fourth-order valence-corrected chi connectivity index (χ4v) is 4.36. The van der Waals surface area contributed by atoms with Gasteiger partial charge in [0.05, 0.1) is 18.1 Å². The number of aryl methyl sites for hydroxylation is 1. The number of sulfonamides is 1. The van der Waals surface area contributed by atoms with Crippen molar-refractivity contribution < 1.29 is 17.9 Å². The van der Waals surface area contributed by atoms with E-state index in [1.807, 2.05) is 19.1 Å². The number of hydrogen-bond donors (Lipinski definition) is 1. The van der Waals surface area contributed by atoms with Crippen LogP contribution < -0.4 is 5.32 Å². The normalized spacial score (nSPS) is 15.6. The first-order chi connectivity index (χ1) is 12.4. The Bertz CT molecular complexity index is 925. The van der Waals surface area contributed by atoms with Gasteiger partial charge >= 0.3 is 0 Å². The van der Waals surface area contributed by atoms with Crippen LogP contribution >= 0.6 is 15.9 Å². The number of hydrogen-bond acceptors (Lipinski definition) is 4. The van der Waals surface area contributed by atoms with Crippen LogP contribution in [0.3, 0.4) is 0 Å². The second-order valence-electron chi connectivity index (χ2n) is 5.96. The molecule has 0 aromatic heterocycles. The third-order valence-electron chi connectivity index (χ3n) is 4.12. The van der Waals surface area contributed by atoms with Crippen molar-refractivity contribution >= 4 is 37.5 Å². The molecular formula is C18H19BrN2O4S. The summed E-state index contributed by atoms with van der Waals surface area (Å²) in [6, 6.07) is 11.6. The zero-order chi connectivity index (χ0) is 18.7. The molecule has 3 rings (SSSR count). The Morgan fingerprint density at radius 2 is 1.88 bits per heavy atom. The van der Waals surface area contributed by atoms with Crippen molar-refractivity contribution in [2.75, 3.05) is 31.6 Å². The van der Waals surface area contributed by atoms with Crippen LogP contribution in [0.25, 0.3) is 0 Å². The number of morpholine rings is 1. The van der Waals surface area contributed by atoms with E-state index in [9.17, 15) is 13.2 Å². The summed E-state index contributed by atoms with van der Waals surface area (Å²) in [7, 11) is -3.64. The molecule has 138 valence electrons. The minimum absolute atomic E-state index is 0.110. The van der Waals surface area contributed by atoms with Gasteiger partial charge in [-0.3, -0.25) is 4.79 Å². The van der Waals surface area contributed by atoms with Gasteiger partial charge in [0.1, 0.15) is 0 Å². The molecule has 0 aliphatic carbocycles. The summed E-state index contributed by atoms with van der Waals surface area (Å²) < 4.78 is 33.0. The van der Waals surface area contributed by atoms with E-state index >= 15 is 0 Å². The minimum atomic E-state index is -3.64. The molecule has 2 aromatic carbocycles.